The highest BCUT2D eigenvalue weighted by Crippen LogP contribution is 2.23. The zero-order chi connectivity index (χ0) is 11.7. The Morgan fingerprint density at radius 3 is 2.81 bits per heavy atom. The Balaban J connectivity index is 2.35. The van der Waals surface area contributed by atoms with Crippen molar-refractivity contribution in [2.24, 2.45) is 0 Å². The lowest BCUT2D eigenvalue weighted by Gasteiger charge is -1.85. The van der Waals surface area contributed by atoms with Crippen molar-refractivity contribution in [1.82, 2.24) is 20.2 Å². The van der Waals surface area contributed by atoms with E-state index in [2.05, 4.69) is 20.2 Å². The molecule has 8 nitrogen and oxygen atoms in total. The number of imidazole rings is 1. The van der Waals surface area contributed by atoms with Gasteiger partial charge in [-0.3, -0.25) is 4.21 Å². The van der Waals surface area contributed by atoms with Crippen molar-refractivity contribution in [3.05, 3.63) is 16.3 Å². The second kappa shape index (κ2) is 4.06. The van der Waals surface area contributed by atoms with Crippen LogP contribution in [0, 0.1) is 10.1 Å². The van der Waals surface area contributed by atoms with Crippen LogP contribution < -0.4 is 0 Å². The summed E-state index contributed by atoms with van der Waals surface area (Å²) < 4.78 is 11.4. The maximum absolute atomic E-state index is 11.1. The molecule has 0 amide bonds. The lowest BCUT2D eigenvalue weighted by molar-refractivity contribution is -0.389. The van der Waals surface area contributed by atoms with Crippen molar-refractivity contribution in [2.75, 3.05) is 6.26 Å². The molecule has 1 atom stereocenters. The molecule has 2 rings (SSSR count). The van der Waals surface area contributed by atoms with Gasteiger partial charge in [-0.05, 0) is 4.92 Å². The van der Waals surface area contributed by atoms with Crippen LogP contribution >= 0.6 is 11.3 Å². The fourth-order valence-corrected chi connectivity index (χ4v) is 2.33. The van der Waals surface area contributed by atoms with Gasteiger partial charge in [0.25, 0.3) is 5.82 Å². The average molecular weight is 259 g/mol. The van der Waals surface area contributed by atoms with Crippen molar-refractivity contribution in [3.63, 3.8) is 0 Å². The van der Waals surface area contributed by atoms with E-state index in [4.69, 9.17) is 0 Å². The summed E-state index contributed by atoms with van der Waals surface area (Å²) >= 11 is 1.08. The largest absolute Gasteiger partial charge is 0.358 e. The molecule has 16 heavy (non-hydrogen) atoms. The van der Waals surface area contributed by atoms with Crippen molar-refractivity contribution in [1.29, 1.82) is 0 Å². The Morgan fingerprint density at radius 2 is 2.31 bits per heavy atom. The van der Waals surface area contributed by atoms with E-state index in [1.165, 1.54) is 6.26 Å². The van der Waals surface area contributed by atoms with Gasteiger partial charge in [0.1, 0.15) is 6.20 Å². The molecule has 84 valence electrons. The third-order valence-corrected chi connectivity index (χ3v) is 3.87. The third kappa shape index (κ3) is 1.97. The van der Waals surface area contributed by atoms with Crippen LogP contribution in [0.15, 0.2) is 10.5 Å². The number of nitro groups is 1. The van der Waals surface area contributed by atoms with Crippen molar-refractivity contribution >= 4 is 28.0 Å². The van der Waals surface area contributed by atoms with E-state index in [0.29, 0.717) is 9.35 Å². The highest BCUT2D eigenvalue weighted by atomic mass is 32.2. The van der Waals surface area contributed by atoms with Crippen molar-refractivity contribution < 1.29 is 9.13 Å². The summed E-state index contributed by atoms with van der Waals surface area (Å²) in [5.74, 6) is 0.0327. The van der Waals surface area contributed by atoms with Crippen LogP contribution in [0.3, 0.4) is 0 Å². The first-order valence-electron chi connectivity index (χ1n) is 3.94. The second-order valence-corrected chi connectivity index (χ2v) is 5.23. The summed E-state index contributed by atoms with van der Waals surface area (Å²) in [4.78, 5) is 16.1. The highest BCUT2D eigenvalue weighted by Gasteiger charge is 2.17. The molecule has 0 saturated carbocycles. The summed E-state index contributed by atoms with van der Waals surface area (Å²) in [5, 5.41) is 18.2. The van der Waals surface area contributed by atoms with Gasteiger partial charge in [-0.2, -0.15) is 0 Å². The van der Waals surface area contributed by atoms with Crippen molar-refractivity contribution in [3.8, 4) is 10.8 Å². The van der Waals surface area contributed by atoms with E-state index in [1.54, 1.807) is 0 Å². The van der Waals surface area contributed by atoms with Crippen LogP contribution in [-0.2, 0) is 10.8 Å². The summed E-state index contributed by atoms with van der Waals surface area (Å²) in [7, 11) is -1.21. The van der Waals surface area contributed by atoms with E-state index >= 15 is 0 Å². The lowest BCUT2D eigenvalue weighted by atomic mass is 10.7. The van der Waals surface area contributed by atoms with Gasteiger partial charge in [0.05, 0.1) is 10.8 Å². The van der Waals surface area contributed by atoms with E-state index < -0.39 is 15.7 Å². The molecule has 0 saturated heterocycles. The highest BCUT2D eigenvalue weighted by molar-refractivity contribution is 7.86. The van der Waals surface area contributed by atoms with Gasteiger partial charge in [-0.15, -0.1) is 10.2 Å². The number of nitrogens with one attached hydrogen (secondary N) is 1. The molecule has 0 fully saturated rings. The molecule has 1 unspecified atom stereocenters. The fraction of sp³-hybridized carbons (Fsp3) is 0.167. The van der Waals surface area contributed by atoms with Gasteiger partial charge < -0.3 is 10.1 Å². The Morgan fingerprint density at radius 1 is 1.56 bits per heavy atom. The molecule has 0 bridgehead atoms. The predicted octanol–water partition coefficient (Wildman–Crippen LogP) is 0.574. The number of H-pyrrole nitrogens is 1. The van der Waals surface area contributed by atoms with Gasteiger partial charge in [0.2, 0.25) is 9.35 Å². The van der Waals surface area contributed by atoms with Crippen LogP contribution in [-0.4, -0.2) is 35.6 Å². The SMILES string of the molecule is CS(=O)c1nnc(-c2ncc([N+](=O)[O-])[nH]2)s1. The maximum Gasteiger partial charge on any atom is 0.341 e. The first-order valence-corrected chi connectivity index (χ1v) is 6.32. The fourth-order valence-electron chi connectivity index (χ4n) is 0.935. The Bertz CT molecular complexity index is 512. The first kappa shape index (κ1) is 10.8. The molecule has 0 radical (unpaired) electrons. The Labute approximate surface area is 95.4 Å². The number of hydrogen-bond donors (Lipinski definition) is 1. The monoisotopic (exact) mass is 259 g/mol. The smallest absolute Gasteiger partial charge is 0.341 e. The van der Waals surface area contributed by atoms with Gasteiger partial charge in [0, 0.05) is 6.26 Å². The minimum atomic E-state index is -1.21. The van der Waals surface area contributed by atoms with Gasteiger partial charge >= 0.3 is 5.82 Å². The summed E-state index contributed by atoms with van der Waals surface area (Å²) in [5.41, 5.74) is 0. The number of aromatic amines is 1. The van der Waals surface area contributed by atoms with Crippen molar-refractivity contribution in [2.45, 2.75) is 4.34 Å². The standard InChI is InChI=1S/C6H5N5O3S2/c1-16(14)6-10-9-5(15-6)4-7-2-3(8-4)11(12)13/h2H,1H3,(H,7,8). The van der Waals surface area contributed by atoms with Crippen LogP contribution in [0.2, 0.25) is 0 Å². The van der Waals surface area contributed by atoms with E-state index in [0.717, 1.165) is 17.5 Å². The molecule has 2 aromatic heterocycles. The average Bonchev–Trinajstić information content (AvgIpc) is 2.86. The maximum atomic E-state index is 11.1. The number of hydrogen-bond acceptors (Lipinski definition) is 7. The number of nitrogens with zero attached hydrogens (tertiary/aromatic N) is 4. The normalized spacial score (nSPS) is 12.6. The molecule has 0 spiro atoms. The summed E-state index contributed by atoms with van der Waals surface area (Å²) in [6, 6.07) is 0. The minimum absolute atomic E-state index is 0.218. The second-order valence-electron chi connectivity index (χ2n) is 2.70. The predicted molar refractivity (Wildman–Crippen MR) is 56.5 cm³/mol. The summed E-state index contributed by atoms with van der Waals surface area (Å²) in [6.45, 7) is 0. The number of aromatic nitrogens is 4. The first-order chi connectivity index (χ1) is 7.58. The van der Waals surface area contributed by atoms with Gasteiger partial charge in [-0.1, -0.05) is 11.3 Å². The van der Waals surface area contributed by atoms with E-state index in [1.807, 2.05) is 0 Å². The molecular weight excluding hydrogens is 254 g/mol. The molecule has 2 aromatic rings. The molecule has 0 aliphatic rings. The lowest BCUT2D eigenvalue weighted by Crippen LogP contribution is -1.87. The van der Waals surface area contributed by atoms with Gasteiger partial charge in [-0.25, -0.2) is 9.97 Å². The molecule has 0 aromatic carbocycles. The van der Waals surface area contributed by atoms with Gasteiger partial charge in [0.15, 0.2) is 0 Å². The minimum Gasteiger partial charge on any atom is -0.358 e. The van der Waals surface area contributed by atoms with Crippen LogP contribution in [0.5, 0.6) is 0 Å². The topological polar surface area (TPSA) is 115 Å². The van der Waals surface area contributed by atoms with Crippen LogP contribution in [0.1, 0.15) is 0 Å². The zero-order valence-corrected chi connectivity index (χ0v) is 9.54. The third-order valence-electron chi connectivity index (χ3n) is 1.61. The molecule has 0 aliphatic carbocycles. The Kier molecular flexibility index (Phi) is 2.75. The molecule has 1 N–H and O–H groups in total. The number of rotatable bonds is 3. The van der Waals surface area contributed by atoms with E-state index in [9.17, 15) is 14.3 Å². The Hall–Kier alpha value is -1.68. The molecule has 0 aliphatic heterocycles. The molecule has 2 heterocycles. The zero-order valence-electron chi connectivity index (χ0n) is 7.91. The molecular formula is C6H5N5O3S2. The van der Waals surface area contributed by atoms with Crippen LogP contribution in [0.25, 0.3) is 10.8 Å². The quantitative estimate of drug-likeness (QED) is 0.636. The summed E-state index contributed by atoms with van der Waals surface area (Å²) in [6.07, 6.45) is 2.58. The van der Waals surface area contributed by atoms with E-state index in [-0.39, 0.29) is 11.6 Å². The molecule has 10 heteroatoms. The van der Waals surface area contributed by atoms with Crippen LogP contribution in [0.4, 0.5) is 5.82 Å².